The van der Waals surface area contributed by atoms with E-state index < -0.39 is 44.5 Å². The Kier molecular flexibility index (Phi) is 6.69. The number of benzene rings is 1. The second kappa shape index (κ2) is 8.85. The second-order valence-electron chi connectivity index (χ2n) is 6.06. The van der Waals surface area contributed by atoms with E-state index in [0.717, 1.165) is 5.56 Å². The molecule has 28 heavy (non-hydrogen) atoms. The molecule has 152 valence electrons. The lowest BCUT2D eigenvalue weighted by molar-refractivity contribution is -0.0569. The summed E-state index contributed by atoms with van der Waals surface area (Å²) in [6, 6.07) is 10.7. The average molecular weight is 430 g/mol. The number of aromatic nitrogens is 2. The van der Waals surface area contributed by atoms with E-state index in [1.807, 2.05) is 30.3 Å². The number of rotatable bonds is 7. The van der Waals surface area contributed by atoms with Gasteiger partial charge in [0, 0.05) is 18.0 Å². The molecule has 12 heteroatoms. The van der Waals surface area contributed by atoms with Gasteiger partial charge in [-0.2, -0.15) is 4.98 Å². The van der Waals surface area contributed by atoms with Crippen molar-refractivity contribution in [2.45, 2.75) is 35.4 Å². The summed E-state index contributed by atoms with van der Waals surface area (Å²) >= 11 is 1.25. The lowest BCUT2D eigenvalue weighted by atomic mass is 10.1. The fourth-order valence-corrected chi connectivity index (χ4v) is 3.98. The number of phosphoric ester groups is 1. The molecule has 0 spiro atoms. The van der Waals surface area contributed by atoms with Crippen LogP contribution < -0.4 is 5.56 Å². The molecule has 2 heterocycles. The highest BCUT2D eigenvalue weighted by Crippen LogP contribution is 2.39. The third-order valence-electron chi connectivity index (χ3n) is 4.03. The molecule has 0 radical (unpaired) electrons. The Morgan fingerprint density at radius 2 is 1.89 bits per heavy atom. The van der Waals surface area contributed by atoms with Crippen molar-refractivity contribution in [1.29, 1.82) is 0 Å². The zero-order valence-electron chi connectivity index (χ0n) is 14.4. The topological polar surface area (TPSA) is 151 Å². The molecule has 0 bridgehead atoms. The van der Waals surface area contributed by atoms with Crippen molar-refractivity contribution in [3.63, 3.8) is 0 Å². The van der Waals surface area contributed by atoms with Gasteiger partial charge in [0.05, 0.1) is 6.61 Å². The number of hydrogen-bond donors (Lipinski definition) is 4. The Morgan fingerprint density at radius 3 is 2.57 bits per heavy atom. The van der Waals surface area contributed by atoms with Crippen molar-refractivity contribution in [3.05, 3.63) is 58.5 Å². The maximum Gasteiger partial charge on any atom is 0.469 e. The minimum atomic E-state index is -4.75. The van der Waals surface area contributed by atoms with Gasteiger partial charge in [-0.3, -0.25) is 13.9 Å². The summed E-state index contributed by atoms with van der Waals surface area (Å²) in [5.41, 5.74) is 0.527. The molecule has 4 atom stereocenters. The van der Waals surface area contributed by atoms with Crippen molar-refractivity contribution in [2.24, 2.45) is 0 Å². The smallest absolute Gasteiger partial charge is 0.387 e. The SMILES string of the molecule is O=c1ccn([C@@H]2O[C@H](COP(=O)(O)O)[C@@H](O)[C@H]2O)c(SCc2ccccc2)n1. The third-order valence-corrected chi connectivity index (χ3v) is 5.56. The second-order valence-corrected chi connectivity index (χ2v) is 8.24. The number of hydrogen-bond acceptors (Lipinski definition) is 8. The summed E-state index contributed by atoms with van der Waals surface area (Å²) in [7, 11) is -4.75. The minimum Gasteiger partial charge on any atom is -0.387 e. The molecule has 3 rings (SSSR count). The highest BCUT2D eigenvalue weighted by Gasteiger charge is 2.45. The van der Waals surface area contributed by atoms with E-state index in [9.17, 15) is 19.6 Å². The maximum absolute atomic E-state index is 11.7. The molecule has 1 aromatic carbocycles. The normalized spacial score (nSPS) is 25.1. The summed E-state index contributed by atoms with van der Waals surface area (Å²) < 4.78 is 22.2. The first-order valence-electron chi connectivity index (χ1n) is 8.22. The van der Waals surface area contributed by atoms with Crippen molar-refractivity contribution in [2.75, 3.05) is 6.61 Å². The Balaban J connectivity index is 1.78. The molecule has 2 aromatic rings. The summed E-state index contributed by atoms with van der Waals surface area (Å²) in [5, 5.41) is 20.7. The summed E-state index contributed by atoms with van der Waals surface area (Å²) in [6.07, 6.45) is -3.74. The first kappa shape index (κ1) is 21.2. The van der Waals surface area contributed by atoms with E-state index in [1.165, 1.54) is 28.6 Å². The molecule has 10 nitrogen and oxygen atoms in total. The molecular formula is C16H19N2O8PS. The fraction of sp³-hybridized carbons (Fsp3) is 0.375. The number of thioether (sulfide) groups is 1. The van der Waals surface area contributed by atoms with Crippen molar-refractivity contribution < 1.29 is 33.8 Å². The Hall–Kier alpha value is -1.56. The van der Waals surface area contributed by atoms with Crippen LogP contribution in [0.2, 0.25) is 0 Å². The first-order chi connectivity index (χ1) is 13.2. The third kappa shape index (κ3) is 5.28. The molecule has 1 aromatic heterocycles. The number of nitrogens with zero attached hydrogens (tertiary/aromatic N) is 2. The predicted molar refractivity (Wildman–Crippen MR) is 98.4 cm³/mol. The molecule has 1 saturated heterocycles. The largest absolute Gasteiger partial charge is 0.469 e. The molecule has 0 unspecified atom stereocenters. The number of ether oxygens (including phenoxy) is 1. The summed E-state index contributed by atoms with van der Waals surface area (Å²) in [6.45, 7) is -0.612. The number of aliphatic hydroxyl groups excluding tert-OH is 2. The van der Waals surface area contributed by atoms with Crippen molar-refractivity contribution >= 4 is 19.6 Å². The first-order valence-corrected chi connectivity index (χ1v) is 10.7. The van der Waals surface area contributed by atoms with Gasteiger partial charge < -0.3 is 24.7 Å². The van der Waals surface area contributed by atoms with E-state index in [-0.39, 0.29) is 5.16 Å². The zero-order chi connectivity index (χ0) is 20.3. The van der Waals surface area contributed by atoms with Crippen LogP contribution in [-0.4, -0.2) is 54.5 Å². The van der Waals surface area contributed by atoms with Gasteiger partial charge in [0.25, 0.3) is 5.56 Å². The van der Waals surface area contributed by atoms with Crippen LogP contribution in [0.4, 0.5) is 0 Å². The lowest BCUT2D eigenvalue weighted by Crippen LogP contribution is -2.34. The Bertz CT molecular complexity index is 905. The van der Waals surface area contributed by atoms with E-state index in [2.05, 4.69) is 9.51 Å². The van der Waals surface area contributed by atoms with Crippen molar-refractivity contribution in [1.82, 2.24) is 9.55 Å². The molecular weight excluding hydrogens is 411 g/mol. The monoisotopic (exact) mass is 430 g/mol. The quantitative estimate of drug-likeness (QED) is 0.274. The molecule has 1 fully saturated rings. The minimum absolute atomic E-state index is 0.268. The van der Waals surface area contributed by atoms with Gasteiger partial charge in [-0.25, -0.2) is 4.57 Å². The van der Waals surface area contributed by atoms with E-state index in [1.54, 1.807) is 0 Å². The summed E-state index contributed by atoms with van der Waals surface area (Å²) in [5.74, 6) is 0.507. The van der Waals surface area contributed by atoms with Gasteiger partial charge in [-0.05, 0) is 5.56 Å². The average Bonchev–Trinajstić information content (AvgIpc) is 2.93. The van der Waals surface area contributed by atoms with Gasteiger partial charge in [0.2, 0.25) is 0 Å². The van der Waals surface area contributed by atoms with Crippen LogP contribution in [0, 0.1) is 0 Å². The van der Waals surface area contributed by atoms with Crippen LogP contribution in [0.3, 0.4) is 0 Å². The van der Waals surface area contributed by atoms with Crippen LogP contribution in [0.15, 0.2) is 52.5 Å². The van der Waals surface area contributed by atoms with Gasteiger partial charge in [0.1, 0.15) is 18.3 Å². The Morgan fingerprint density at radius 1 is 1.18 bits per heavy atom. The van der Waals surface area contributed by atoms with Crippen molar-refractivity contribution in [3.8, 4) is 0 Å². The highest BCUT2D eigenvalue weighted by molar-refractivity contribution is 7.98. The van der Waals surface area contributed by atoms with Gasteiger partial charge in [-0.1, -0.05) is 42.1 Å². The maximum atomic E-state index is 11.7. The molecule has 1 aliphatic heterocycles. The van der Waals surface area contributed by atoms with Gasteiger partial charge in [-0.15, -0.1) is 0 Å². The van der Waals surface area contributed by atoms with E-state index >= 15 is 0 Å². The molecule has 1 aliphatic rings. The van der Waals surface area contributed by atoms with Crippen LogP contribution >= 0.6 is 19.6 Å². The lowest BCUT2D eigenvalue weighted by Gasteiger charge is -2.21. The molecule has 4 N–H and O–H groups in total. The Labute approximate surface area is 164 Å². The number of aliphatic hydroxyl groups is 2. The van der Waals surface area contributed by atoms with Gasteiger partial charge in [0.15, 0.2) is 11.4 Å². The predicted octanol–water partition coefficient (Wildman–Crippen LogP) is 0.264. The molecule has 0 saturated carbocycles. The van der Waals surface area contributed by atoms with Crippen LogP contribution in [0.1, 0.15) is 11.8 Å². The zero-order valence-corrected chi connectivity index (χ0v) is 16.1. The standard InChI is InChI=1S/C16H19N2O8PS/c19-12-6-7-18(16(17-12)28-9-10-4-2-1-3-5-10)15-14(21)13(20)11(26-15)8-25-27(22,23)24/h1-7,11,13-15,20-21H,8-9H2,(H2,22,23,24)/t11-,13-,14-,15-/m1/s1. The molecule has 0 amide bonds. The van der Waals surface area contributed by atoms with E-state index in [0.29, 0.717) is 5.75 Å². The number of phosphoric acid groups is 1. The van der Waals surface area contributed by atoms with E-state index in [4.69, 9.17) is 14.5 Å². The van der Waals surface area contributed by atoms with Gasteiger partial charge >= 0.3 is 7.82 Å². The molecule has 0 aliphatic carbocycles. The van der Waals surface area contributed by atoms with Crippen LogP contribution in [0.5, 0.6) is 0 Å². The summed E-state index contributed by atoms with van der Waals surface area (Å²) in [4.78, 5) is 33.2. The highest BCUT2D eigenvalue weighted by atomic mass is 32.2. The van der Waals surface area contributed by atoms with Crippen LogP contribution in [0.25, 0.3) is 0 Å². The van der Waals surface area contributed by atoms with Crippen LogP contribution in [-0.2, 0) is 19.6 Å². The fourth-order valence-electron chi connectivity index (χ4n) is 2.69.